The van der Waals surface area contributed by atoms with Crippen molar-refractivity contribution in [2.24, 2.45) is 5.73 Å². The number of likely N-dealkylation sites (N-methyl/N-ethyl adjacent to an activating group) is 1. The number of nitrogens with zero attached hydrogens (tertiary/aromatic N) is 1. The molecule has 0 saturated heterocycles. The minimum absolute atomic E-state index is 0.518. The van der Waals surface area contributed by atoms with E-state index < -0.39 is 0 Å². The van der Waals surface area contributed by atoms with Gasteiger partial charge in [0, 0.05) is 25.3 Å². The molecule has 0 fully saturated rings. The van der Waals surface area contributed by atoms with Crippen LogP contribution in [0.4, 0.5) is 0 Å². The molecule has 2 N–H and O–H groups in total. The third-order valence-electron chi connectivity index (χ3n) is 2.72. The van der Waals surface area contributed by atoms with Crippen molar-refractivity contribution in [3.8, 4) is 5.75 Å². The topological polar surface area (TPSA) is 38.5 Å². The molecule has 3 nitrogen and oxygen atoms in total. The van der Waals surface area contributed by atoms with Gasteiger partial charge < -0.3 is 15.4 Å². The van der Waals surface area contributed by atoms with Crippen LogP contribution in [0.25, 0.3) is 0 Å². The fourth-order valence-electron chi connectivity index (χ4n) is 1.58. The monoisotopic (exact) mass is 298 g/mol. The fraction of sp³-hybridized carbons (Fsp3) is 0.500. The average molecular weight is 298 g/mol. The lowest BCUT2D eigenvalue weighted by atomic mass is 10.1. The molecule has 0 bridgehead atoms. The van der Waals surface area contributed by atoms with Gasteiger partial charge in [-0.2, -0.15) is 11.8 Å². The Kier molecular flexibility index (Phi) is 7.86. The summed E-state index contributed by atoms with van der Waals surface area (Å²) in [4.78, 5) is 2.79. The Bertz CT molecular complexity index is 382. The molecule has 0 unspecified atom stereocenters. The van der Waals surface area contributed by atoms with Crippen LogP contribution in [0.3, 0.4) is 0 Å². The zero-order valence-corrected chi connectivity index (χ0v) is 13.2. The van der Waals surface area contributed by atoms with Crippen molar-refractivity contribution in [1.82, 2.24) is 4.90 Å². The van der Waals surface area contributed by atoms with Crippen molar-refractivity contribution in [3.63, 3.8) is 0 Å². The van der Waals surface area contributed by atoms with E-state index in [0.29, 0.717) is 18.0 Å². The fourth-order valence-corrected chi connectivity index (χ4v) is 2.24. The zero-order chi connectivity index (χ0) is 14.1. The molecular weight excluding hydrogens is 276 g/mol. The van der Waals surface area contributed by atoms with E-state index in [1.807, 2.05) is 36.0 Å². The Balaban J connectivity index is 2.27. The van der Waals surface area contributed by atoms with Crippen molar-refractivity contribution in [1.29, 1.82) is 0 Å². The first-order chi connectivity index (χ1) is 9.11. The van der Waals surface area contributed by atoms with Gasteiger partial charge in [-0.3, -0.25) is 0 Å². The van der Waals surface area contributed by atoms with Crippen molar-refractivity contribution in [3.05, 3.63) is 29.8 Å². The second-order valence-corrected chi connectivity index (χ2v) is 5.94. The minimum atomic E-state index is 0.518. The van der Waals surface area contributed by atoms with E-state index in [2.05, 4.69) is 18.2 Å². The summed E-state index contributed by atoms with van der Waals surface area (Å²) in [7, 11) is 2.12. The molecule has 106 valence electrons. The van der Waals surface area contributed by atoms with E-state index in [9.17, 15) is 0 Å². The summed E-state index contributed by atoms with van der Waals surface area (Å²) >= 11 is 6.75. The molecule has 0 heterocycles. The molecule has 0 aliphatic carbocycles. The normalized spacial score (nSPS) is 10.7. The van der Waals surface area contributed by atoms with E-state index in [1.54, 1.807) is 0 Å². The number of rotatable bonds is 9. The molecule has 0 aromatic heterocycles. The number of ether oxygens (including phenoxy) is 1. The van der Waals surface area contributed by atoms with Gasteiger partial charge in [0.2, 0.25) is 0 Å². The van der Waals surface area contributed by atoms with Crippen molar-refractivity contribution >= 4 is 29.0 Å². The van der Waals surface area contributed by atoms with E-state index in [4.69, 9.17) is 22.7 Å². The van der Waals surface area contributed by atoms with E-state index in [1.165, 1.54) is 0 Å². The number of hydrogen-bond acceptors (Lipinski definition) is 4. The molecule has 1 rings (SSSR count). The molecule has 0 spiro atoms. The first-order valence-corrected chi connectivity index (χ1v) is 8.09. The molecule has 0 atom stereocenters. The maximum atomic E-state index is 5.70. The zero-order valence-electron chi connectivity index (χ0n) is 11.6. The van der Waals surface area contributed by atoms with Crippen LogP contribution in [0, 0.1) is 0 Å². The van der Waals surface area contributed by atoms with Crippen LogP contribution in [0.1, 0.15) is 5.56 Å². The first kappa shape index (κ1) is 16.3. The number of nitrogens with two attached hydrogens (primary N) is 1. The van der Waals surface area contributed by atoms with E-state index >= 15 is 0 Å². The summed E-state index contributed by atoms with van der Waals surface area (Å²) in [5, 5.41) is 0. The third-order valence-corrected chi connectivity index (χ3v) is 3.46. The van der Waals surface area contributed by atoms with Gasteiger partial charge in [-0.1, -0.05) is 24.4 Å². The average Bonchev–Trinajstić information content (AvgIpc) is 2.38. The number of thiocarbonyl (C=S) groups is 1. The van der Waals surface area contributed by atoms with Crippen LogP contribution in [0.15, 0.2) is 24.3 Å². The van der Waals surface area contributed by atoms with Crippen molar-refractivity contribution < 1.29 is 4.74 Å². The highest BCUT2D eigenvalue weighted by Gasteiger charge is 2.00. The maximum Gasteiger partial charge on any atom is 0.119 e. The summed E-state index contributed by atoms with van der Waals surface area (Å²) in [5.74, 6) is 2.05. The Labute approximate surface area is 125 Å². The van der Waals surface area contributed by atoms with Gasteiger partial charge in [-0.05, 0) is 31.0 Å². The van der Waals surface area contributed by atoms with Crippen LogP contribution in [0.2, 0.25) is 0 Å². The molecule has 0 aliphatic heterocycles. The summed E-state index contributed by atoms with van der Waals surface area (Å²) in [6.45, 7) is 2.74. The molecule has 0 saturated carbocycles. The lowest BCUT2D eigenvalue weighted by molar-refractivity contribution is 0.245. The number of thioether (sulfide) groups is 1. The Morgan fingerprint density at radius 3 is 2.58 bits per heavy atom. The largest absolute Gasteiger partial charge is 0.492 e. The molecule has 1 aromatic rings. The van der Waals surface area contributed by atoms with Gasteiger partial charge in [0.05, 0.1) is 4.99 Å². The van der Waals surface area contributed by atoms with Gasteiger partial charge in [-0.15, -0.1) is 0 Å². The molecule has 19 heavy (non-hydrogen) atoms. The Morgan fingerprint density at radius 2 is 2.00 bits per heavy atom. The molecule has 0 amide bonds. The molecule has 1 aromatic carbocycles. The molecular formula is C14H22N2OS2. The van der Waals surface area contributed by atoms with E-state index in [0.717, 1.165) is 30.2 Å². The second-order valence-electron chi connectivity index (χ2n) is 4.43. The third kappa shape index (κ3) is 7.40. The van der Waals surface area contributed by atoms with Crippen LogP contribution >= 0.6 is 24.0 Å². The molecule has 0 aliphatic rings. The van der Waals surface area contributed by atoms with Gasteiger partial charge in [0.15, 0.2) is 0 Å². The Hall–Kier alpha value is -0.780. The summed E-state index contributed by atoms with van der Waals surface area (Å²) in [6, 6.07) is 7.95. The van der Waals surface area contributed by atoms with Gasteiger partial charge >= 0.3 is 0 Å². The second kappa shape index (κ2) is 9.18. The number of benzene rings is 1. The lowest BCUT2D eigenvalue weighted by Crippen LogP contribution is -2.26. The molecule has 5 heteroatoms. The van der Waals surface area contributed by atoms with E-state index in [-0.39, 0.29) is 0 Å². The Morgan fingerprint density at radius 1 is 1.32 bits per heavy atom. The predicted octanol–water partition coefficient (Wildman–Crippen LogP) is 2.19. The smallest absolute Gasteiger partial charge is 0.119 e. The van der Waals surface area contributed by atoms with Crippen molar-refractivity contribution in [2.45, 2.75) is 6.42 Å². The van der Waals surface area contributed by atoms with Crippen molar-refractivity contribution in [2.75, 3.05) is 38.8 Å². The highest BCUT2D eigenvalue weighted by molar-refractivity contribution is 7.98. The maximum absolute atomic E-state index is 5.70. The predicted molar refractivity (Wildman–Crippen MR) is 88.3 cm³/mol. The lowest BCUT2D eigenvalue weighted by Gasteiger charge is -2.16. The SMILES string of the molecule is CSCCN(C)CCOc1ccc(CC(N)=S)cc1. The quantitative estimate of drug-likeness (QED) is 0.708. The van der Waals surface area contributed by atoms with Crippen LogP contribution < -0.4 is 10.5 Å². The summed E-state index contributed by atoms with van der Waals surface area (Å²) in [5.41, 5.74) is 6.63. The highest BCUT2D eigenvalue weighted by Crippen LogP contribution is 2.12. The first-order valence-electron chi connectivity index (χ1n) is 6.29. The highest BCUT2D eigenvalue weighted by atomic mass is 32.2. The number of hydrogen-bond donors (Lipinski definition) is 1. The van der Waals surface area contributed by atoms with Gasteiger partial charge in [-0.25, -0.2) is 0 Å². The van der Waals surface area contributed by atoms with Crippen LogP contribution in [-0.4, -0.2) is 48.6 Å². The van der Waals surface area contributed by atoms with Gasteiger partial charge in [0.25, 0.3) is 0 Å². The summed E-state index contributed by atoms with van der Waals surface area (Å²) in [6.07, 6.45) is 2.77. The van der Waals surface area contributed by atoms with Crippen LogP contribution in [0.5, 0.6) is 5.75 Å². The molecule has 0 radical (unpaired) electrons. The van der Waals surface area contributed by atoms with Gasteiger partial charge in [0.1, 0.15) is 12.4 Å². The minimum Gasteiger partial charge on any atom is -0.492 e. The van der Waals surface area contributed by atoms with Crippen LogP contribution in [-0.2, 0) is 6.42 Å². The standard InChI is InChI=1S/C14H22N2OS2/c1-16(8-10-19-2)7-9-17-13-5-3-12(4-6-13)11-14(15)18/h3-6H,7-11H2,1-2H3,(H2,15,18). The summed E-state index contributed by atoms with van der Waals surface area (Å²) < 4.78 is 5.70.